The third-order valence-electron chi connectivity index (χ3n) is 3.63. The van der Waals surface area contributed by atoms with Crippen molar-refractivity contribution in [1.82, 2.24) is 5.32 Å². The van der Waals surface area contributed by atoms with Gasteiger partial charge in [0.2, 0.25) is 5.91 Å². The van der Waals surface area contributed by atoms with Crippen LogP contribution in [0.25, 0.3) is 0 Å². The van der Waals surface area contributed by atoms with Crippen LogP contribution in [0.5, 0.6) is 0 Å². The highest BCUT2D eigenvalue weighted by Crippen LogP contribution is 2.20. The summed E-state index contributed by atoms with van der Waals surface area (Å²) < 4.78 is 0. The molecule has 2 rings (SSSR count). The zero-order chi connectivity index (χ0) is 20.9. The average molecular weight is 400 g/mol. The summed E-state index contributed by atoms with van der Waals surface area (Å²) in [6.07, 6.45) is 0. The Labute approximate surface area is 167 Å². The lowest BCUT2D eigenvalue weighted by Gasteiger charge is -2.18. The second kappa shape index (κ2) is 8.57. The van der Waals surface area contributed by atoms with Gasteiger partial charge in [0.15, 0.2) is 5.11 Å². The van der Waals surface area contributed by atoms with E-state index >= 15 is 0 Å². The summed E-state index contributed by atoms with van der Waals surface area (Å²) in [4.78, 5) is 34.4. The first-order valence-electron chi connectivity index (χ1n) is 8.34. The molecule has 0 aromatic heterocycles. The first-order chi connectivity index (χ1) is 13.1. The molecule has 2 aromatic carbocycles. The van der Waals surface area contributed by atoms with E-state index in [0.29, 0.717) is 11.4 Å². The van der Waals surface area contributed by atoms with E-state index in [2.05, 4.69) is 16.0 Å². The lowest BCUT2D eigenvalue weighted by atomic mass is 9.95. The Morgan fingerprint density at radius 3 is 2.11 bits per heavy atom. The number of nitrogens with one attached hydrogen (secondary N) is 3. The van der Waals surface area contributed by atoms with Gasteiger partial charge in [-0.25, -0.2) is 0 Å². The number of carbonyl (C=O) groups excluding carboxylic acids is 2. The molecule has 2 aromatic rings. The number of hydrogen-bond acceptors (Lipinski definition) is 5. The summed E-state index contributed by atoms with van der Waals surface area (Å²) in [6, 6.07) is 12.1. The quantitative estimate of drug-likeness (QED) is 0.410. The molecule has 3 N–H and O–H groups in total. The molecule has 0 unspecified atom stereocenters. The fourth-order valence-electron chi connectivity index (χ4n) is 2.07. The zero-order valence-electron chi connectivity index (χ0n) is 15.6. The van der Waals surface area contributed by atoms with Crippen molar-refractivity contribution >= 4 is 46.2 Å². The van der Waals surface area contributed by atoms with E-state index in [0.717, 1.165) is 0 Å². The van der Waals surface area contributed by atoms with Crippen molar-refractivity contribution in [3.05, 3.63) is 64.2 Å². The molecule has 0 aliphatic carbocycles. The van der Waals surface area contributed by atoms with E-state index in [1.807, 2.05) is 20.8 Å². The predicted molar refractivity (Wildman–Crippen MR) is 111 cm³/mol. The highest BCUT2D eigenvalue weighted by atomic mass is 32.1. The summed E-state index contributed by atoms with van der Waals surface area (Å²) in [5, 5.41) is 18.9. The van der Waals surface area contributed by atoms with Gasteiger partial charge in [0.25, 0.3) is 11.6 Å². The van der Waals surface area contributed by atoms with Crippen LogP contribution in [0, 0.1) is 15.5 Å². The summed E-state index contributed by atoms with van der Waals surface area (Å²) in [5.41, 5.74) is 0.778. The van der Waals surface area contributed by atoms with Crippen molar-refractivity contribution < 1.29 is 14.5 Å². The van der Waals surface area contributed by atoms with E-state index in [1.165, 1.54) is 24.3 Å². The van der Waals surface area contributed by atoms with Gasteiger partial charge in [-0.15, -0.1) is 0 Å². The molecule has 0 spiro atoms. The molecule has 0 bridgehead atoms. The first kappa shape index (κ1) is 21.0. The monoisotopic (exact) mass is 400 g/mol. The highest BCUT2D eigenvalue weighted by molar-refractivity contribution is 7.80. The standard InChI is InChI=1S/C19H20N4O4S/c1-19(2,3)17(25)20-13-5-4-6-14(11-13)21-18(28)22-16(24)12-7-9-15(10-8-12)23(26)27/h4-11H,1-3H3,(H,20,25)(H2,21,22,24,28). The Morgan fingerprint density at radius 1 is 1.00 bits per heavy atom. The molecule has 0 aliphatic rings. The van der Waals surface area contributed by atoms with Gasteiger partial charge in [0, 0.05) is 34.5 Å². The number of hydrogen-bond donors (Lipinski definition) is 3. The molecular formula is C19H20N4O4S. The van der Waals surface area contributed by atoms with Crippen LogP contribution in [0.4, 0.5) is 17.1 Å². The van der Waals surface area contributed by atoms with Crippen LogP contribution in [0.3, 0.4) is 0 Å². The van der Waals surface area contributed by atoms with Gasteiger partial charge < -0.3 is 10.6 Å². The average Bonchev–Trinajstić information content (AvgIpc) is 2.61. The number of benzene rings is 2. The summed E-state index contributed by atoms with van der Waals surface area (Å²) in [7, 11) is 0. The molecule has 0 fully saturated rings. The van der Waals surface area contributed by atoms with Gasteiger partial charge in [-0.05, 0) is 42.5 Å². The van der Waals surface area contributed by atoms with Crippen LogP contribution in [0.2, 0.25) is 0 Å². The Morgan fingerprint density at radius 2 is 1.57 bits per heavy atom. The predicted octanol–water partition coefficient (Wildman–Crippen LogP) is 3.71. The molecule has 0 atom stereocenters. The smallest absolute Gasteiger partial charge is 0.269 e. The molecule has 28 heavy (non-hydrogen) atoms. The Bertz CT molecular complexity index is 920. The highest BCUT2D eigenvalue weighted by Gasteiger charge is 2.21. The lowest BCUT2D eigenvalue weighted by Crippen LogP contribution is -2.34. The number of nitrogens with zero attached hydrogens (tertiary/aromatic N) is 1. The molecule has 0 saturated carbocycles. The molecule has 0 radical (unpaired) electrons. The minimum atomic E-state index is -0.542. The van der Waals surface area contributed by atoms with Gasteiger partial charge in [0.1, 0.15) is 0 Å². The Balaban J connectivity index is 1.99. The zero-order valence-corrected chi connectivity index (χ0v) is 16.4. The van der Waals surface area contributed by atoms with Crippen molar-refractivity contribution in [3.63, 3.8) is 0 Å². The molecule has 146 valence electrons. The molecule has 0 saturated heterocycles. The molecule has 0 aliphatic heterocycles. The Hall–Kier alpha value is -3.33. The molecule has 0 heterocycles. The van der Waals surface area contributed by atoms with Crippen molar-refractivity contribution in [1.29, 1.82) is 0 Å². The SMILES string of the molecule is CC(C)(C)C(=O)Nc1cccc(NC(=S)NC(=O)c2ccc([N+](=O)[O-])cc2)c1. The fourth-order valence-corrected chi connectivity index (χ4v) is 2.28. The van der Waals surface area contributed by atoms with E-state index in [4.69, 9.17) is 12.2 Å². The summed E-state index contributed by atoms with van der Waals surface area (Å²) in [6.45, 7) is 5.44. The number of thiocarbonyl (C=S) groups is 1. The maximum absolute atomic E-state index is 12.2. The second-order valence-corrected chi connectivity index (χ2v) is 7.41. The van der Waals surface area contributed by atoms with Crippen LogP contribution < -0.4 is 16.0 Å². The topological polar surface area (TPSA) is 113 Å². The maximum atomic E-state index is 12.2. The fraction of sp³-hybridized carbons (Fsp3) is 0.211. The number of nitro benzene ring substituents is 1. The maximum Gasteiger partial charge on any atom is 0.269 e. The molecule has 8 nitrogen and oxygen atoms in total. The van der Waals surface area contributed by atoms with Crippen LogP contribution >= 0.6 is 12.2 Å². The summed E-state index contributed by atoms with van der Waals surface area (Å²) in [5.74, 6) is -0.622. The molecular weight excluding hydrogens is 380 g/mol. The van der Waals surface area contributed by atoms with Gasteiger partial charge >= 0.3 is 0 Å². The van der Waals surface area contributed by atoms with Gasteiger partial charge in [0.05, 0.1) is 4.92 Å². The molecule has 2 amide bonds. The van der Waals surface area contributed by atoms with E-state index in [1.54, 1.807) is 24.3 Å². The van der Waals surface area contributed by atoms with E-state index in [9.17, 15) is 19.7 Å². The Kier molecular flexibility index (Phi) is 6.42. The third-order valence-corrected chi connectivity index (χ3v) is 3.83. The van der Waals surface area contributed by atoms with Crippen molar-refractivity contribution in [2.24, 2.45) is 5.41 Å². The second-order valence-electron chi connectivity index (χ2n) is 7.00. The summed E-state index contributed by atoms with van der Waals surface area (Å²) >= 11 is 5.13. The van der Waals surface area contributed by atoms with Crippen LogP contribution in [-0.2, 0) is 4.79 Å². The molecule has 9 heteroatoms. The lowest BCUT2D eigenvalue weighted by molar-refractivity contribution is -0.384. The van der Waals surface area contributed by atoms with Crippen molar-refractivity contribution in [3.8, 4) is 0 Å². The minimum absolute atomic E-state index is 0.0580. The number of rotatable bonds is 4. The first-order valence-corrected chi connectivity index (χ1v) is 8.75. The van der Waals surface area contributed by atoms with Gasteiger partial charge in [-0.1, -0.05) is 26.8 Å². The van der Waals surface area contributed by atoms with Crippen molar-refractivity contribution in [2.75, 3.05) is 10.6 Å². The number of carbonyl (C=O) groups is 2. The third kappa shape index (κ3) is 5.85. The number of nitro groups is 1. The van der Waals surface area contributed by atoms with Crippen molar-refractivity contribution in [2.45, 2.75) is 20.8 Å². The normalized spacial score (nSPS) is 10.7. The number of anilines is 2. The van der Waals surface area contributed by atoms with E-state index < -0.39 is 16.2 Å². The number of amides is 2. The minimum Gasteiger partial charge on any atom is -0.332 e. The van der Waals surface area contributed by atoms with Gasteiger partial charge in [-0.3, -0.25) is 25.0 Å². The number of non-ortho nitro benzene ring substituents is 1. The largest absolute Gasteiger partial charge is 0.332 e. The van der Waals surface area contributed by atoms with E-state index in [-0.39, 0.29) is 22.3 Å². The van der Waals surface area contributed by atoms with Gasteiger partial charge in [-0.2, -0.15) is 0 Å². The van der Waals surface area contributed by atoms with Crippen LogP contribution in [0.1, 0.15) is 31.1 Å². The van der Waals surface area contributed by atoms with Crippen LogP contribution in [0.15, 0.2) is 48.5 Å². The van der Waals surface area contributed by atoms with Crippen LogP contribution in [-0.4, -0.2) is 21.9 Å².